The molecule has 0 bridgehead atoms. The number of nitrogens with one attached hydrogen (secondary N) is 1. The van der Waals surface area contributed by atoms with Gasteiger partial charge in [-0.1, -0.05) is 6.92 Å². The van der Waals surface area contributed by atoms with Gasteiger partial charge in [-0.3, -0.25) is 9.69 Å². The minimum absolute atomic E-state index is 0.131. The highest BCUT2D eigenvalue weighted by Crippen LogP contribution is 2.10. The molecule has 0 saturated carbocycles. The largest absolute Gasteiger partial charge is 0.378 e. The topological polar surface area (TPSA) is 44.8 Å². The highest BCUT2D eigenvalue weighted by molar-refractivity contribution is 5.82. The normalized spacial score (nSPS) is 28.1. The summed E-state index contributed by atoms with van der Waals surface area (Å²) in [4.78, 5) is 16.7. The van der Waals surface area contributed by atoms with Crippen LogP contribution in [0.1, 0.15) is 20.3 Å². The lowest BCUT2D eigenvalue weighted by molar-refractivity contribution is -0.138. The summed E-state index contributed by atoms with van der Waals surface area (Å²) in [5.41, 5.74) is 0. The molecule has 2 fully saturated rings. The van der Waals surface area contributed by atoms with E-state index in [9.17, 15) is 4.79 Å². The molecule has 18 heavy (non-hydrogen) atoms. The van der Waals surface area contributed by atoms with E-state index in [1.54, 1.807) is 0 Å². The number of amides is 1. The summed E-state index contributed by atoms with van der Waals surface area (Å²) in [7, 11) is 0. The van der Waals surface area contributed by atoms with Gasteiger partial charge in [-0.05, 0) is 13.3 Å². The third-order valence-electron chi connectivity index (χ3n) is 4.06. The fourth-order valence-electron chi connectivity index (χ4n) is 2.59. The summed E-state index contributed by atoms with van der Waals surface area (Å²) < 4.78 is 5.35. The molecule has 5 nitrogen and oxygen atoms in total. The SMILES string of the molecule is CCC(C)N1CCN(C(=O)C2COCCN2)CC1. The molecule has 1 amide bonds. The molecule has 0 aromatic carbocycles. The van der Waals surface area contributed by atoms with Crippen LogP contribution in [-0.2, 0) is 9.53 Å². The van der Waals surface area contributed by atoms with E-state index in [1.807, 2.05) is 4.90 Å². The van der Waals surface area contributed by atoms with Gasteiger partial charge >= 0.3 is 0 Å². The predicted molar refractivity (Wildman–Crippen MR) is 70.5 cm³/mol. The van der Waals surface area contributed by atoms with E-state index >= 15 is 0 Å². The van der Waals surface area contributed by atoms with Crippen LogP contribution in [0.15, 0.2) is 0 Å². The maximum absolute atomic E-state index is 12.3. The average Bonchev–Trinajstić information content (AvgIpc) is 2.47. The zero-order valence-corrected chi connectivity index (χ0v) is 11.5. The molecule has 104 valence electrons. The lowest BCUT2D eigenvalue weighted by Crippen LogP contribution is -2.58. The molecular formula is C13H25N3O2. The second-order valence-electron chi connectivity index (χ2n) is 5.20. The number of nitrogens with zero attached hydrogens (tertiary/aromatic N) is 2. The van der Waals surface area contributed by atoms with Crippen LogP contribution in [0, 0.1) is 0 Å². The molecule has 2 aliphatic heterocycles. The Bertz CT molecular complexity index is 271. The molecule has 0 aliphatic carbocycles. The van der Waals surface area contributed by atoms with Crippen molar-refractivity contribution in [3.63, 3.8) is 0 Å². The first kappa shape index (κ1) is 13.8. The first-order valence-electron chi connectivity index (χ1n) is 7.06. The van der Waals surface area contributed by atoms with Crippen LogP contribution < -0.4 is 5.32 Å². The number of morpholine rings is 1. The van der Waals surface area contributed by atoms with Crippen molar-refractivity contribution in [2.24, 2.45) is 0 Å². The fourth-order valence-corrected chi connectivity index (χ4v) is 2.59. The van der Waals surface area contributed by atoms with Gasteiger partial charge in [0.2, 0.25) is 5.91 Å². The van der Waals surface area contributed by atoms with Gasteiger partial charge in [0, 0.05) is 38.8 Å². The van der Waals surface area contributed by atoms with Gasteiger partial charge in [-0.2, -0.15) is 0 Å². The zero-order chi connectivity index (χ0) is 13.0. The third-order valence-corrected chi connectivity index (χ3v) is 4.06. The molecule has 0 aromatic rings. The highest BCUT2D eigenvalue weighted by atomic mass is 16.5. The maximum Gasteiger partial charge on any atom is 0.242 e. The van der Waals surface area contributed by atoms with E-state index in [-0.39, 0.29) is 11.9 Å². The number of rotatable bonds is 3. The molecule has 0 spiro atoms. The Morgan fingerprint density at radius 3 is 2.67 bits per heavy atom. The summed E-state index contributed by atoms with van der Waals surface area (Å²) >= 11 is 0. The van der Waals surface area contributed by atoms with E-state index in [1.165, 1.54) is 6.42 Å². The maximum atomic E-state index is 12.3. The van der Waals surface area contributed by atoms with Crippen LogP contribution >= 0.6 is 0 Å². The van der Waals surface area contributed by atoms with E-state index in [0.717, 1.165) is 32.7 Å². The van der Waals surface area contributed by atoms with Crippen molar-refractivity contribution in [2.75, 3.05) is 45.9 Å². The number of carbonyl (C=O) groups is 1. The van der Waals surface area contributed by atoms with E-state index in [0.29, 0.717) is 19.3 Å². The lowest BCUT2D eigenvalue weighted by atomic mass is 10.1. The van der Waals surface area contributed by atoms with E-state index in [2.05, 4.69) is 24.1 Å². The Balaban J connectivity index is 1.79. The third kappa shape index (κ3) is 3.22. The molecular weight excluding hydrogens is 230 g/mol. The van der Waals surface area contributed by atoms with Crippen LogP contribution in [0.5, 0.6) is 0 Å². The molecule has 2 aliphatic rings. The summed E-state index contributed by atoms with van der Waals surface area (Å²) in [6, 6.07) is 0.493. The Morgan fingerprint density at radius 1 is 1.39 bits per heavy atom. The molecule has 0 aromatic heterocycles. The Morgan fingerprint density at radius 2 is 2.11 bits per heavy atom. The number of hydrogen-bond acceptors (Lipinski definition) is 4. The Hall–Kier alpha value is -0.650. The van der Waals surface area contributed by atoms with Crippen molar-refractivity contribution < 1.29 is 9.53 Å². The molecule has 2 heterocycles. The first-order chi connectivity index (χ1) is 8.72. The van der Waals surface area contributed by atoms with Gasteiger partial charge in [-0.25, -0.2) is 0 Å². The molecule has 2 unspecified atom stereocenters. The molecule has 2 saturated heterocycles. The molecule has 0 radical (unpaired) electrons. The smallest absolute Gasteiger partial charge is 0.242 e. The van der Waals surface area contributed by atoms with Gasteiger partial charge in [0.15, 0.2) is 0 Å². The predicted octanol–water partition coefficient (Wildman–Crippen LogP) is -0.0825. The van der Waals surface area contributed by atoms with Crippen LogP contribution in [-0.4, -0.2) is 73.7 Å². The van der Waals surface area contributed by atoms with Crippen LogP contribution in [0.4, 0.5) is 0 Å². The number of hydrogen-bond donors (Lipinski definition) is 1. The van der Waals surface area contributed by atoms with Crippen molar-refractivity contribution in [3.05, 3.63) is 0 Å². The molecule has 1 N–H and O–H groups in total. The Labute approximate surface area is 109 Å². The second kappa shape index (κ2) is 6.50. The van der Waals surface area contributed by atoms with Gasteiger partial charge in [0.05, 0.1) is 13.2 Å². The molecule has 5 heteroatoms. The number of piperazine rings is 1. The van der Waals surface area contributed by atoms with Crippen molar-refractivity contribution in [2.45, 2.75) is 32.4 Å². The molecule has 2 atom stereocenters. The van der Waals surface area contributed by atoms with Crippen LogP contribution in [0.3, 0.4) is 0 Å². The van der Waals surface area contributed by atoms with Crippen molar-refractivity contribution in [1.29, 1.82) is 0 Å². The number of ether oxygens (including phenoxy) is 1. The van der Waals surface area contributed by atoms with Crippen LogP contribution in [0.25, 0.3) is 0 Å². The second-order valence-corrected chi connectivity index (χ2v) is 5.20. The lowest BCUT2D eigenvalue weighted by Gasteiger charge is -2.39. The molecule has 2 rings (SSSR count). The Kier molecular flexibility index (Phi) is 4.97. The summed E-state index contributed by atoms with van der Waals surface area (Å²) in [5, 5.41) is 3.23. The minimum Gasteiger partial charge on any atom is -0.378 e. The van der Waals surface area contributed by atoms with Gasteiger partial charge in [0.1, 0.15) is 6.04 Å². The van der Waals surface area contributed by atoms with Crippen molar-refractivity contribution in [1.82, 2.24) is 15.1 Å². The van der Waals surface area contributed by atoms with E-state index in [4.69, 9.17) is 4.74 Å². The summed E-state index contributed by atoms with van der Waals surface area (Å²) in [6.07, 6.45) is 1.17. The van der Waals surface area contributed by atoms with Crippen molar-refractivity contribution >= 4 is 5.91 Å². The minimum atomic E-state index is -0.131. The van der Waals surface area contributed by atoms with Crippen molar-refractivity contribution in [3.8, 4) is 0 Å². The zero-order valence-electron chi connectivity index (χ0n) is 11.5. The van der Waals surface area contributed by atoms with Gasteiger partial charge in [0.25, 0.3) is 0 Å². The van der Waals surface area contributed by atoms with Gasteiger partial charge in [-0.15, -0.1) is 0 Å². The standard InChI is InChI=1S/C13H25N3O2/c1-3-11(2)15-5-7-16(8-6-15)13(17)12-10-18-9-4-14-12/h11-12,14H,3-10H2,1-2H3. The number of carbonyl (C=O) groups excluding carboxylic acids is 1. The van der Waals surface area contributed by atoms with Gasteiger partial charge < -0.3 is 15.0 Å². The quantitative estimate of drug-likeness (QED) is 0.766. The summed E-state index contributed by atoms with van der Waals surface area (Å²) in [6.45, 7) is 10.2. The monoisotopic (exact) mass is 255 g/mol. The highest BCUT2D eigenvalue weighted by Gasteiger charge is 2.29. The average molecular weight is 255 g/mol. The first-order valence-corrected chi connectivity index (χ1v) is 7.06. The summed E-state index contributed by atoms with van der Waals surface area (Å²) in [5.74, 6) is 0.207. The van der Waals surface area contributed by atoms with E-state index < -0.39 is 0 Å². The fraction of sp³-hybridized carbons (Fsp3) is 0.923. The van der Waals surface area contributed by atoms with Crippen LogP contribution in [0.2, 0.25) is 0 Å².